The van der Waals surface area contributed by atoms with Crippen molar-refractivity contribution < 1.29 is 27.1 Å². The Morgan fingerprint density at radius 3 is 2.79 bits per heavy atom. The van der Waals surface area contributed by atoms with Crippen LogP contribution in [0.15, 0.2) is 30.6 Å². The average Bonchev–Trinajstić information content (AvgIpc) is 3.02. The van der Waals surface area contributed by atoms with Crippen LogP contribution in [0.4, 0.5) is 17.6 Å². The van der Waals surface area contributed by atoms with Crippen LogP contribution in [0, 0.1) is 5.82 Å². The van der Waals surface area contributed by atoms with Gasteiger partial charge >= 0.3 is 6.61 Å². The Balaban J connectivity index is 1.63. The normalized spacial score (nSPS) is 14.5. The van der Waals surface area contributed by atoms with Gasteiger partial charge in [0.05, 0.1) is 31.2 Å². The summed E-state index contributed by atoms with van der Waals surface area (Å²) in [7, 11) is 0. The number of likely N-dealkylation sites (tertiary alicyclic amines) is 1. The highest BCUT2D eigenvalue weighted by atomic mass is 19.3. The molecule has 1 amide bonds. The van der Waals surface area contributed by atoms with Crippen molar-refractivity contribution in [3.05, 3.63) is 36.4 Å². The van der Waals surface area contributed by atoms with Gasteiger partial charge in [0.2, 0.25) is 5.91 Å². The minimum atomic E-state index is -3.17. The summed E-state index contributed by atoms with van der Waals surface area (Å²) in [5.41, 5.74) is 1.25. The Bertz CT molecular complexity index is 1040. The van der Waals surface area contributed by atoms with Gasteiger partial charge in [-0.1, -0.05) is 0 Å². The molecule has 3 heterocycles. The average molecular weight is 395 g/mol. The van der Waals surface area contributed by atoms with Crippen molar-refractivity contribution >= 4 is 17.1 Å². The number of amides is 1. The number of fused-ring (bicyclic) bond motifs is 1. The van der Waals surface area contributed by atoms with E-state index in [1.165, 1.54) is 28.0 Å². The maximum Gasteiger partial charge on any atom is 0.387 e. The number of halogens is 4. The van der Waals surface area contributed by atoms with E-state index in [4.69, 9.17) is 0 Å². The molecule has 0 radical (unpaired) electrons. The van der Waals surface area contributed by atoms with Crippen molar-refractivity contribution in [2.75, 3.05) is 13.1 Å². The lowest BCUT2D eigenvalue weighted by atomic mass is 10.1. The fourth-order valence-electron chi connectivity index (χ4n) is 2.81. The highest BCUT2D eigenvalue weighted by molar-refractivity contribution is 5.80. The van der Waals surface area contributed by atoms with Crippen molar-refractivity contribution in [1.82, 2.24) is 24.6 Å². The van der Waals surface area contributed by atoms with Gasteiger partial charge in [0, 0.05) is 5.56 Å². The Labute approximate surface area is 155 Å². The van der Waals surface area contributed by atoms with Crippen LogP contribution in [-0.4, -0.2) is 56.4 Å². The molecule has 0 spiro atoms. The molecule has 28 heavy (non-hydrogen) atoms. The fourth-order valence-corrected chi connectivity index (χ4v) is 2.81. The molecule has 146 valence electrons. The van der Waals surface area contributed by atoms with E-state index < -0.39 is 24.3 Å². The maximum atomic E-state index is 13.6. The number of alkyl halides is 3. The molecule has 2 aromatic heterocycles. The third-order valence-corrected chi connectivity index (χ3v) is 4.26. The predicted octanol–water partition coefficient (Wildman–Crippen LogP) is 2.41. The molecule has 1 fully saturated rings. The van der Waals surface area contributed by atoms with E-state index in [-0.39, 0.29) is 36.9 Å². The Morgan fingerprint density at radius 2 is 2.07 bits per heavy atom. The first-order valence-corrected chi connectivity index (χ1v) is 8.26. The van der Waals surface area contributed by atoms with E-state index in [9.17, 15) is 22.4 Å². The third kappa shape index (κ3) is 3.47. The van der Waals surface area contributed by atoms with Crippen molar-refractivity contribution in [3.63, 3.8) is 0 Å². The number of carbonyl (C=O) groups excluding carboxylic acids is 1. The van der Waals surface area contributed by atoms with Crippen molar-refractivity contribution in [1.29, 1.82) is 0 Å². The quantitative estimate of drug-likeness (QED) is 0.621. The number of hydrogen-bond acceptors (Lipinski definition) is 5. The molecule has 1 aromatic carbocycles. The van der Waals surface area contributed by atoms with Gasteiger partial charge in [-0.25, -0.2) is 23.4 Å². The van der Waals surface area contributed by atoms with Gasteiger partial charge < -0.3 is 9.64 Å². The minimum Gasteiger partial charge on any atom is -0.432 e. The van der Waals surface area contributed by atoms with Crippen LogP contribution in [-0.2, 0) is 11.3 Å². The predicted molar refractivity (Wildman–Crippen MR) is 88.8 cm³/mol. The van der Waals surface area contributed by atoms with Gasteiger partial charge in [0.15, 0.2) is 17.2 Å². The summed E-state index contributed by atoms with van der Waals surface area (Å²) in [4.78, 5) is 22.0. The highest BCUT2D eigenvalue weighted by Crippen LogP contribution is 2.27. The summed E-state index contributed by atoms with van der Waals surface area (Å²) in [5, 5.41) is 4.07. The van der Waals surface area contributed by atoms with Crippen molar-refractivity contribution in [2.45, 2.75) is 19.3 Å². The molecule has 4 rings (SSSR count). The van der Waals surface area contributed by atoms with Crippen molar-refractivity contribution in [3.8, 4) is 17.0 Å². The lowest BCUT2D eigenvalue weighted by molar-refractivity contribution is -0.139. The summed E-state index contributed by atoms with van der Waals surface area (Å²) >= 11 is 0. The van der Waals surface area contributed by atoms with E-state index in [1.54, 1.807) is 0 Å². The molecule has 1 saturated heterocycles. The van der Waals surface area contributed by atoms with Crippen LogP contribution in [0.3, 0.4) is 0 Å². The molecule has 0 unspecified atom stereocenters. The zero-order chi connectivity index (χ0) is 19.8. The monoisotopic (exact) mass is 395 g/mol. The molecular formula is C17H13F4N5O2. The maximum absolute atomic E-state index is 13.6. The Hall–Kier alpha value is -3.24. The van der Waals surface area contributed by atoms with E-state index in [0.29, 0.717) is 11.1 Å². The summed E-state index contributed by atoms with van der Waals surface area (Å²) in [6, 6.07) is 3.42. The van der Waals surface area contributed by atoms with Gasteiger partial charge in [0.1, 0.15) is 18.2 Å². The molecule has 0 atom stereocenters. The molecule has 7 nitrogen and oxygen atoms in total. The summed E-state index contributed by atoms with van der Waals surface area (Å²) in [6.45, 7) is -3.21. The second kappa shape index (κ2) is 7.06. The molecule has 11 heteroatoms. The number of ether oxygens (including phenoxy) is 1. The lowest BCUT2D eigenvalue weighted by Gasteiger charge is -2.34. The van der Waals surface area contributed by atoms with Crippen LogP contribution in [0.25, 0.3) is 22.4 Å². The number of benzene rings is 1. The minimum absolute atomic E-state index is 0.0530. The summed E-state index contributed by atoms with van der Waals surface area (Å²) in [5.74, 6) is -1.86. The standard InChI is InChI=1S/C17H13F4N5O2/c18-10-6-25(7-10)15(27)8-26-16-13(5-23-26)22-4-12(24-16)9-1-2-11(19)14(3-9)28-17(20)21/h1-5,10,17H,6-8H2. The molecular weight excluding hydrogens is 382 g/mol. The van der Waals surface area contributed by atoms with Gasteiger partial charge in [-0.05, 0) is 18.2 Å². The van der Waals surface area contributed by atoms with E-state index in [1.807, 2.05) is 0 Å². The molecule has 0 saturated carbocycles. The van der Waals surface area contributed by atoms with Crippen molar-refractivity contribution in [2.24, 2.45) is 0 Å². The summed E-state index contributed by atoms with van der Waals surface area (Å²) < 4.78 is 56.8. The van der Waals surface area contributed by atoms with E-state index in [0.717, 1.165) is 12.1 Å². The second-order valence-corrected chi connectivity index (χ2v) is 6.19. The topological polar surface area (TPSA) is 73.1 Å². The van der Waals surface area contributed by atoms with Crippen LogP contribution in [0.5, 0.6) is 5.75 Å². The first-order valence-electron chi connectivity index (χ1n) is 8.26. The van der Waals surface area contributed by atoms with Crippen LogP contribution in [0.2, 0.25) is 0 Å². The van der Waals surface area contributed by atoms with Gasteiger partial charge in [0.25, 0.3) is 0 Å². The first-order chi connectivity index (χ1) is 13.4. The summed E-state index contributed by atoms with van der Waals surface area (Å²) in [6.07, 6.45) is 1.79. The second-order valence-electron chi connectivity index (χ2n) is 6.19. The molecule has 1 aliphatic rings. The number of nitrogens with zero attached hydrogens (tertiary/aromatic N) is 5. The third-order valence-electron chi connectivity index (χ3n) is 4.26. The van der Waals surface area contributed by atoms with Crippen LogP contribution >= 0.6 is 0 Å². The van der Waals surface area contributed by atoms with Crippen LogP contribution < -0.4 is 4.74 Å². The largest absolute Gasteiger partial charge is 0.432 e. The van der Waals surface area contributed by atoms with E-state index in [2.05, 4.69) is 19.8 Å². The first kappa shape index (κ1) is 18.1. The molecule has 3 aromatic rings. The van der Waals surface area contributed by atoms with E-state index >= 15 is 0 Å². The number of aromatic nitrogens is 4. The number of carbonyl (C=O) groups is 1. The zero-order valence-electron chi connectivity index (χ0n) is 14.2. The number of hydrogen-bond donors (Lipinski definition) is 0. The fraction of sp³-hybridized carbons (Fsp3) is 0.294. The zero-order valence-corrected chi connectivity index (χ0v) is 14.2. The van der Waals surface area contributed by atoms with Gasteiger partial charge in [-0.15, -0.1) is 0 Å². The van der Waals surface area contributed by atoms with Gasteiger partial charge in [-0.2, -0.15) is 13.9 Å². The lowest BCUT2D eigenvalue weighted by Crippen LogP contribution is -2.52. The Morgan fingerprint density at radius 1 is 1.29 bits per heavy atom. The molecule has 0 N–H and O–H groups in total. The molecule has 0 bridgehead atoms. The smallest absolute Gasteiger partial charge is 0.387 e. The SMILES string of the molecule is O=C(Cn1ncc2ncc(-c3ccc(F)c(OC(F)F)c3)nc21)N1CC(F)C1. The number of rotatable bonds is 5. The molecule has 1 aliphatic heterocycles. The Kier molecular flexibility index (Phi) is 4.57. The highest BCUT2D eigenvalue weighted by Gasteiger charge is 2.30. The van der Waals surface area contributed by atoms with Crippen LogP contribution in [0.1, 0.15) is 0 Å². The molecule has 0 aliphatic carbocycles. The van der Waals surface area contributed by atoms with Gasteiger partial charge in [-0.3, -0.25) is 4.79 Å².